The molecule has 0 aliphatic carbocycles. The van der Waals surface area contributed by atoms with Gasteiger partial charge in [0.1, 0.15) is 0 Å². The Balaban J connectivity index is 1.76. The van der Waals surface area contributed by atoms with Gasteiger partial charge in [-0.05, 0) is 32.4 Å². The minimum Gasteiger partial charge on any atom is -0.289 e. The van der Waals surface area contributed by atoms with Crippen LogP contribution in [-0.4, -0.2) is 26.6 Å². The Labute approximate surface area is 111 Å². The molecule has 3 heterocycles. The topological polar surface area (TPSA) is 44.8 Å². The van der Waals surface area contributed by atoms with Crippen molar-refractivity contribution in [2.75, 3.05) is 6.54 Å². The van der Waals surface area contributed by atoms with Crippen LogP contribution in [-0.2, 0) is 6.54 Å². The zero-order chi connectivity index (χ0) is 12.4. The number of nitrogens with zero attached hydrogens (tertiary/aromatic N) is 3. The summed E-state index contributed by atoms with van der Waals surface area (Å²) in [5, 5.41) is 10.5. The lowest BCUT2D eigenvalue weighted by Gasteiger charge is -2.34. The number of aryl methyl sites for hydroxylation is 1. The quantitative estimate of drug-likeness (QED) is 0.925. The first-order valence-corrected chi connectivity index (χ1v) is 7.35. The second kappa shape index (κ2) is 5.20. The van der Waals surface area contributed by atoms with Gasteiger partial charge in [-0.3, -0.25) is 10.00 Å². The third-order valence-electron chi connectivity index (χ3n) is 3.53. The third kappa shape index (κ3) is 2.47. The molecular formula is C13H18N4S. The summed E-state index contributed by atoms with van der Waals surface area (Å²) in [4.78, 5) is 7.09. The largest absolute Gasteiger partial charge is 0.289 e. The van der Waals surface area contributed by atoms with E-state index in [4.69, 9.17) is 0 Å². The van der Waals surface area contributed by atoms with Crippen molar-refractivity contribution in [3.63, 3.8) is 0 Å². The molecule has 1 aliphatic rings. The highest BCUT2D eigenvalue weighted by Gasteiger charge is 2.25. The van der Waals surface area contributed by atoms with Gasteiger partial charge in [0.2, 0.25) is 0 Å². The first kappa shape index (κ1) is 11.9. The van der Waals surface area contributed by atoms with Crippen molar-refractivity contribution in [3.8, 4) is 0 Å². The van der Waals surface area contributed by atoms with E-state index in [2.05, 4.69) is 38.5 Å². The van der Waals surface area contributed by atoms with Crippen LogP contribution >= 0.6 is 11.3 Å². The summed E-state index contributed by atoms with van der Waals surface area (Å²) in [7, 11) is 0. The molecule has 0 unspecified atom stereocenters. The van der Waals surface area contributed by atoms with E-state index < -0.39 is 0 Å². The number of likely N-dealkylation sites (tertiary alicyclic amines) is 1. The fourth-order valence-corrected chi connectivity index (χ4v) is 3.28. The van der Waals surface area contributed by atoms with E-state index in [1.54, 1.807) is 11.3 Å². The summed E-state index contributed by atoms with van der Waals surface area (Å²) in [5.41, 5.74) is 2.44. The lowest BCUT2D eigenvalue weighted by Crippen LogP contribution is -2.33. The Morgan fingerprint density at radius 2 is 2.44 bits per heavy atom. The minimum atomic E-state index is 0.475. The van der Waals surface area contributed by atoms with Gasteiger partial charge in [0.15, 0.2) is 0 Å². The number of aromatic nitrogens is 3. The van der Waals surface area contributed by atoms with E-state index in [0.717, 1.165) is 18.1 Å². The van der Waals surface area contributed by atoms with Gasteiger partial charge in [-0.25, -0.2) is 4.98 Å². The SMILES string of the molecule is Cc1nc(CN2CCCC[C@@H]2c2ccn[nH]2)cs1. The van der Waals surface area contributed by atoms with Gasteiger partial charge in [0.25, 0.3) is 0 Å². The molecule has 1 N–H and O–H groups in total. The molecule has 0 amide bonds. The molecule has 96 valence electrons. The summed E-state index contributed by atoms with van der Waals surface area (Å²) in [6.45, 7) is 4.17. The molecule has 0 spiro atoms. The van der Waals surface area contributed by atoms with Crippen LogP contribution in [0.3, 0.4) is 0 Å². The van der Waals surface area contributed by atoms with Crippen molar-refractivity contribution in [1.82, 2.24) is 20.1 Å². The smallest absolute Gasteiger partial charge is 0.0897 e. The molecule has 1 aliphatic heterocycles. The Morgan fingerprint density at radius 3 is 3.17 bits per heavy atom. The predicted octanol–water partition coefficient (Wildman–Crippen LogP) is 2.90. The molecule has 5 heteroatoms. The van der Waals surface area contributed by atoms with Gasteiger partial charge < -0.3 is 0 Å². The molecule has 2 aromatic heterocycles. The maximum absolute atomic E-state index is 4.57. The number of nitrogens with one attached hydrogen (secondary N) is 1. The molecule has 0 bridgehead atoms. The highest BCUT2D eigenvalue weighted by molar-refractivity contribution is 7.09. The van der Waals surface area contributed by atoms with Crippen LogP contribution in [0.25, 0.3) is 0 Å². The average Bonchev–Trinajstić information content (AvgIpc) is 3.02. The van der Waals surface area contributed by atoms with Crippen LogP contribution < -0.4 is 0 Å². The van der Waals surface area contributed by atoms with Gasteiger partial charge in [0.05, 0.1) is 22.4 Å². The van der Waals surface area contributed by atoms with E-state index in [1.807, 2.05) is 6.20 Å². The van der Waals surface area contributed by atoms with E-state index >= 15 is 0 Å². The van der Waals surface area contributed by atoms with Crippen molar-refractivity contribution in [1.29, 1.82) is 0 Å². The number of hydrogen-bond acceptors (Lipinski definition) is 4. The van der Waals surface area contributed by atoms with Crippen molar-refractivity contribution in [3.05, 3.63) is 34.0 Å². The molecule has 0 aromatic carbocycles. The number of rotatable bonds is 3. The van der Waals surface area contributed by atoms with Crippen LogP contribution in [0.5, 0.6) is 0 Å². The van der Waals surface area contributed by atoms with Crippen molar-refractivity contribution < 1.29 is 0 Å². The minimum absolute atomic E-state index is 0.475. The van der Waals surface area contributed by atoms with Crippen LogP contribution in [0.4, 0.5) is 0 Å². The van der Waals surface area contributed by atoms with Gasteiger partial charge in [0, 0.05) is 18.1 Å². The Bertz CT molecular complexity index is 491. The first-order valence-electron chi connectivity index (χ1n) is 6.47. The Morgan fingerprint density at radius 1 is 1.50 bits per heavy atom. The molecule has 2 aromatic rings. The lowest BCUT2D eigenvalue weighted by atomic mass is 9.99. The number of aromatic amines is 1. The molecular weight excluding hydrogens is 244 g/mol. The van der Waals surface area contributed by atoms with Gasteiger partial charge in [-0.15, -0.1) is 11.3 Å². The van der Waals surface area contributed by atoms with Crippen molar-refractivity contribution >= 4 is 11.3 Å². The number of hydrogen-bond donors (Lipinski definition) is 1. The second-order valence-electron chi connectivity index (χ2n) is 4.85. The van der Waals surface area contributed by atoms with Crippen LogP contribution in [0, 0.1) is 6.92 Å². The number of H-pyrrole nitrogens is 1. The van der Waals surface area contributed by atoms with Crippen LogP contribution in [0.2, 0.25) is 0 Å². The normalized spacial score (nSPS) is 21.3. The van der Waals surface area contributed by atoms with Crippen LogP contribution in [0.1, 0.15) is 41.7 Å². The van der Waals surface area contributed by atoms with E-state index in [-0.39, 0.29) is 0 Å². The van der Waals surface area contributed by atoms with Gasteiger partial charge in [-0.1, -0.05) is 6.42 Å². The predicted molar refractivity (Wildman–Crippen MR) is 72.4 cm³/mol. The molecule has 0 radical (unpaired) electrons. The van der Waals surface area contributed by atoms with Crippen molar-refractivity contribution in [2.24, 2.45) is 0 Å². The van der Waals surface area contributed by atoms with Crippen LogP contribution in [0.15, 0.2) is 17.6 Å². The van der Waals surface area contributed by atoms with E-state index in [1.165, 1.54) is 30.7 Å². The fraction of sp³-hybridized carbons (Fsp3) is 0.538. The number of piperidine rings is 1. The molecule has 3 rings (SSSR count). The molecule has 1 saturated heterocycles. The standard InChI is InChI=1S/C13H18N4S/c1-10-15-11(9-18-10)8-17-7-3-2-4-13(17)12-5-6-14-16-12/h5-6,9,13H,2-4,7-8H2,1H3,(H,14,16)/t13-/m1/s1. The monoisotopic (exact) mass is 262 g/mol. The summed E-state index contributed by atoms with van der Waals surface area (Å²) in [6, 6.07) is 2.57. The van der Waals surface area contributed by atoms with Crippen molar-refractivity contribution in [2.45, 2.75) is 38.8 Å². The maximum Gasteiger partial charge on any atom is 0.0897 e. The molecule has 18 heavy (non-hydrogen) atoms. The molecule has 1 atom stereocenters. The van der Waals surface area contributed by atoms with E-state index in [0.29, 0.717) is 6.04 Å². The zero-order valence-electron chi connectivity index (χ0n) is 10.6. The molecule has 0 saturated carbocycles. The Hall–Kier alpha value is -1.20. The second-order valence-corrected chi connectivity index (χ2v) is 5.91. The molecule has 4 nitrogen and oxygen atoms in total. The highest BCUT2D eigenvalue weighted by Crippen LogP contribution is 2.30. The zero-order valence-corrected chi connectivity index (χ0v) is 11.4. The Kier molecular flexibility index (Phi) is 3.43. The highest BCUT2D eigenvalue weighted by atomic mass is 32.1. The average molecular weight is 262 g/mol. The first-order chi connectivity index (χ1) is 8.83. The number of thiazole rings is 1. The fourth-order valence-electron chi connectivity index (χ4n) is 2.67. The van der Waals surface area contributed by atoms with E-state index in [9.17, 15) is 0 Å². The lowest BCUT2D eigenvalue weighted by molar-refractivity contribution is 0.135. The summed E-state index contributed by atoms with van der Waals surface area (Å²) < 4.78 is 0. The summed E-state index contributed by atoms with van der Waals surface area (Å²) in [5.74, 6) is 0. The molecule has 1 fully saturated rings. The van der Waals surface area contributed by atoms with Gasteiger partial charge >= 0.3 is 0 Å². The van der Waals surface area contributed by atoms with Gasteiger partial charge in [-0.2, -0.15) is 5.10 Å². The third-order valence-corrected chi connectivity index (χ3v) is 4.35. The maximum atomic E-state index is 4.57. The summed E-state index contributed by atoms with van der Waals surface area (Å²) in [6.07, 6.45) is 5.64. The summed E-state index contributed by atoms with van der Waals surface area (Å²) >= 11 is 1.73.